The van der Waals surface area contributed by atoms with Crippen LogP contribution >= 0.6 is 11.6 Å². The van der Waals surface area contributed by atoms with E-state index in [-0.39, 0.29) is 24.2 Å². The Kier molecular flexibility index (Phi) is 6.84. The van der Waals surface area contributed by atoms with Crippen LogP contribution in [0.3, 0.4) is 0 Å². The Morgan fingerprint density at radius 2 is 2.03 bits per heavy atom. The highest BCUT2D eigenvalue weighted by atomic mass is 35.5. The minimum absolute atomic E-state index is 0.0734. The molecule has 2 amide bonds. The van der Waals surface area contributed by atoms with Crippen LogP contribution in [0.15, 0.2) is 41.5 Å². The molecule has 2 aromatic heterocycles. The molecule has 1 aliphatic heterocycles. The van der Waals surface area contributed by atoms with Crippen molar-refractivity contribution in [2.45, 2.75) is 38.8 Å². The fraction of sp³-hybridized carbons (Fsp3) is 0.409. The Balaban J connectivity index is 1.40. The maximum atomic E-state index is 13.0. The standard InChI is InChI=1S/C22H26ClN7O2/c1-2-10-30(14-19-27-18-13-15(23)4-5-17(18)20(31)28-19)22(32)26-16-6-11-29(12-7-16)21-24-8-3-9-25-21/h3-5,8-9,13,16H,2,6-7,10-12,14H2,1H3,(H,26,32)(H,27,28,31). The molecule has 0 bridgehead atoms. The van der Waals surface area contributed by atoms with Crippen molar-refractivity contribution in [1.82, 2.24) is 30.2 Å². The molecule has 9 nitrogen and oxygen atoms in total. The molecule has 4 rings (SSSR count). The summed E-state index contributed by atoms with van der Waals surface area (Å²) in [7, 11) is 0. The number of amides is 2. The summed E-state index contributed by atoms with van der Waals surface area (Å²) in [6.07, 6.45) is 5.89. The Bertz CT molecular complexity index is 1130. The number of fused-ring (bicyclic) bond motifs is 1. The first-order valence-corrected chi connectivity index (χ1v) is 11.2. The van der Waals surface area contributed by atoms with E-state index >= 15 is 0 Å². The zero-order valence-corrected chi connectivity index (χ0v) is 18.7. The van der Waals surface area contributed by atoms with Gasteiger partial charge in [-0.05, 0) is 43.5 Å². The van der Waals surface area contributed by atoms with Gasteiger partial charge < -0.3 is 20.1 Å². The predicted octanol–water partition coefficient (Wildman–Crippen LogP) is 2.96. The number of nitrogens with one attached hydrogen (secondary N) is 2. The molecule has 10 heteroatoms. The number of carbonyl (C=O) groups is 1. The molecular weight excluding hydrogens is 430 g/mol. The molecule has 0 unspecified atom stereocenters. The van der Waals surface area contributed by atoms with Gasteiger partial charge in [0.15, 0.2) is 0 Å². The maximum Gasteiger partial charge on any atom is 0.318 e. The summed E-state index contributed by atoms with van der Waals surface area (Å²) >= 11 is 6.05. The summed E-state index contributed by atoms with van der Waals surface area (Å²) in [5.74, 6) is 1.15. The van der Waals surface area contributed by atoms with Crippen LogP contribution in [0.1, 0.15) is 32.0 Å². The third kappa shape index (κ3) is 5.16. The summed E-state index contributed by atoms with van der Waals surface area (Å²) in [4.78, 5) is 45.1. The minimum atomic E-state index is -0.242. The monoisotopic (exact) mass is 455 g/mol. The molecule has 0 aliphatic carbocycles. The van der Waals surface area contributed by atoms with Gasteiger partial charge in [-0.1, -0.05) is 18.5 Å². The highest BCUT2D eigenvalue weighted by Crippen LogP contribution is 2.17. The van der Waals surface area contributed by atoms with Crippen molar-refractivity contribution in [3.05, 3.63) is 57.9 Å². The number of urea groups is 1. The second-order valence-corrected chi connectivity index (χ2v) is 8.29. The van der Waals surface area contributed by atoms with E-state index in [4.69, 9.17) is 11.6 Å². The topological polar surface area (TPSA) is 107 Å². The first-order chi connectivity index (χ1) is 15.5. The number of anilines is 1. The van der Waals surface area contributed by atoms with Gasteiger partial charge in [0.05, 0.1) is 17.4 Å². The van der Waals surface area contributed by atoms with Gasteiger partial charge in [0.1, 0.15) is 5.82 Å². The molecule has 0 saturated carbocycles. The van der Waals surface area contributed by atoms with E-state index in [0.717, 1.165) is 38.3 Å². The van der Waals surface area contributed by atoms with Crippen molar-refractivity contribution in [2.24, 2.45) is 0 Å². The van der Waals surface area contributed by atoms with Crippen molar-refractivity contribution in [2.75, 3.05) is 24.5 Å². The van der Waals surface area contributed by atoms with Gasteiger partial charge in [-0.25, -0.2) is 19.7 Å². The van der Waals surface area contributed by atoms with E-state index in [1.54, 1.807) is 41.6 Å². The van der Waals surface area contributed by atoms with Gasteiger partial charge in [-0.15, -0.1) is 0 Å². The number of piperidine rings is 1. The van der Waals surface area contributed by atoms with Gasteiger partial charge in [-0.2, -0.15) is 0 Å². The zero-order chi connectivity index (χ0) is 22.5. The minimum Gasteiger partial charge on any atom is -0.341 e. The molecule has 1 fully saturated rings. The van der Waals surface area contributed by atoms with Crippen LogP contribution in [-0.2, 0) is 6.54 Å². The van der Waals surface area contributed by atoms with E-state index in [0.29, 0.717) is 28.3 Å². The predicted molar refractivity (Wildman–Crippen MR) is 124 cm³/mol. The smallest absolute Gasteiger partial charge is 0.318 e. The van der Waals surface area contributed by atoms with Crippen molar-refractivity contribution in [3.8, 4) is 0 Å². The number of halogens is 1. The van der Waals surface area contributed by atoms with E-state index in [2.05, 4.69) is 30.2 Å². The molecule has 1 aromatic carbocycles. The number of rotatable bonds is 6. The fourth-order valence-electron chi connectivity index (χ4n) is 3.88. The fourth-order valence-corrected chi connectivity index (χ4v) is 4.05. The lowest BCUT2D eigenvalue weighted by Crippen LogP contribution is -2.49. The molecule has 32 heavy (non-hydrogen) atoms. The number of benzene rings is 1. The summed E-state index contributed by atoms with van der Waals surface area (Å²) in [5.41, 5.74) is 0.276. The third-order valence-electron chi connectivity index (χ3n) is 5.50. The number of nitrogens with zero attached hydrogens (tertiary/aromatic N) is 5. The lowest BCUT2D eigenvalue weighted by Gasteiger charge is -2.33. The normalized spacial score (nSPS) is 14.5. The van der Waals surface area contributed by atoms with Crippen LogP contribution in [0.25, 0.3) is 10.9 Å². The van der Waals surface area contributed by atoms with E-state index in [1.807, 2.05) is 6.92 Å². The largest absolute Gasteiger partial charge is 0.341 e. The molecule has 3 heterocycles. The van der Waals surface area contributed by atoms with Crippen LogP contribution in [0.4, 0.5) is 10.7 Å². The summed E-state index contributed by atoms with van der Waals surface area (Å²) in [6.45, 7) is 4.34. The average molecular weight is 456 g/mol. The summed E-state index contributed by atoms with van der Waals surface area (Å²) in [5, 5.41) is 4.12. The van der Waals surface area contributed by atoms with Crippen molar-refractivity contribution in [3.63, 3.8) is 0 Å². The maximum absolute atomic E-state index is 13.0. The number of hydrogen-bond donors (Lipinski definition) is 2. The highest BCUT2D eigenvalue weighted by molar-refractivity contribution is 6.31. The van der Waals surface area contributed by atoms with Crippen LogP contribution in [0, 0.1) is 0 Å². The Labute approximate surface area is 190 Å². The Morgan fingerprint density at radius 3 is 2.75 bits per heavy atom. The number of carbonyl (C=O) groups excluding carboxylic acids is 1. The van der Waals surface area contributed by atoms with Crippen molar-refractivity contribution >= 4 is 34.5 Å². The number of H-pyrrole nitrogens is 1. The lowest BCUT2D eigenvalue weighted by atomic mass is 10.1. The van der Waals surface area contributed by atoms with Gasteiger partial charge in [0.2, 0.25) is 5.95 Å². The summed E-state index contributed by atoms with van der Waals surface area (Å²) in [6, 6.07) is 6.68. The molecule has 168 valence electrons. The first-order valence-electron chi connectivity index (χ1n) is 10.8. The van der Waals surface area contributed by atoms with Crippen molar-refractivity contribution in [1.29, 1.82) is 0 Å². The lowest BCUT2D eigenvalue weighted by molar-refractivity contribution is 0.187. The third-order valence-corrected chi connectivity index (χ3v) is 5.73. The molecule has 1 saturated heterocycles. The van der Waals surface area contributed by atoms with Crippen molar-refractivity contribution < 1.29 is 4.79 Å². The van der Waals surface area contributed by atoms with Gasteiger partial charge in [0, 0.05) is 43.1 Å². The zero-order valence-electron chi connectivity index (χ0n) is 17.9. The molecule has 0 spiro atoms. The van der Waals surface area contributed by atoms with Crippen LogP contribution in [-0.4, -0.2) is 56.5 Å². The van der Waals surface area contributed by atoms with Crippen LogP contribution in [0.2, 0.25) is 5.02 Å². The Morgan fingerprint density at radius 1 is 1.28 bits per heavy atom. The molecule has 3 aromatic rings. The number of hydrogen-bond acceptors (Lipinski definition) is 6. The van der Waals surface area contributed by atoms with Gasteiger partial charge in [0.25, 0.3) is 5.56 Å². The molecule has 1 aliphatic rings. The quantitative estimate of drug-likeness (QED) is 0.591. The summed E-state index contributed by atoms with van der Waals surface area (Å²) < 4.78 is 0. The van der Waals surface area contributed by atoms with E-state index in [9.17, 15) is 9.59 Å². The Hall–Kier alpha value is -3.20. The second-order valence-electron chi connectivity index (χ2n) is 7.86. The molecule has 2 N–H and O–H groups in total. The van der Waals surface area contributed by atoms with E-state index < -0.39 is 0 Å². The second kappa shape index (κ2) is 9.95. The first kappa shape index (κ1) is 22.0. The number of aromatic nitrogens is 4. The van der Waals surface area contributed by atoms with Gasteiger partial charge in [-0.3, -0.25) is 4.79 Å². The molecule has 0 atom stereocenters. The van der Waals surface area contributed by atoms with Crippen LogP contribution in [0.5, 0.6) is 0 Å². The van der Waals surface area contributed by atoms with E-state index in [1.165, 1.54) is 0 Å². The van der Waals surface area contributed by atoms with Gasteiger partial charge >= 0.3 is 6.03 Å². The number of aromatic amines is 1. The highest BCUT2D eigenvalue weighted by Gasteiger charge is 2.24. The van der Waals surface area contributed by atoms with Crippen LogP contribution < -0.4 is 15.8 Å². The molecule has 0 radical (unpaired) electrons. The molecular formula is C22H26ClN7O2. The average Bonchev–Trinajstić information content (AvgIpc) is 2.79. The SMILES string of the molecule is CCCN(Cc1nc2cc(Cl)ccc2c(=O)[nH]1)C(=O)NC1CCN(c2ncccn2)CC1.